The van der Waals surface area contributed by atoms with Crippen LogP contribution in [0.2, 0.25) is 0 Å². The lowest BCUT2D eigenvalue weighted by atomic mass is 10.2. The first-order valence-electron chi connectivity index (χ1n) is 7.34. The van der Waals surface area contributed by atoms with E-state index < -0.39 is 6.55 Å². The van der Waals surface area contributed by atoms with Gasteiger partial charge < -0.3 is 4.90 Å². The van der Waals surface area contributed by atoms with Gasteiger partial charge in [-0.05, 0) is 19.9 Å². The van der Waals surface area contributed by atoms with Crippen molar-refractivity contribution >= 4 is 5.91 Å². The molecule has 0 unspecified atom stereocenters. The summed E-state index contributed by atoms with van der Waals surface area (Å²) in [6, 6.07) is 0. The van der Waals surface area contributed by atoms with Gasteiger partial charge in [-0.1, -0.05) is 12.8 Å². The minimum Gasteiger partial charge on any atom is -0.342 e. The molecular weight excluding hydrogens is 278 g/mol. The maximum atomic E-state index is 12.7. The van der Waals surface area contributed by atoms with Gasteiger partial charge in [0, 0.05) is 25.5 Å². The SMILES string of the molecule is CN(CC(=O)N1CCCCCC1)Cc1nccn1C(F)F. The zero-order valence-corrected chi connectivity index (χ0v) is 12.3. The number of nitrogens with zero attached hydrogens (tertiary/aromatic N) is 4. The van der Waals surface area contributed by atoms with Crippen molar-refractivity contribution in [3.8, 4) is 0 Å². The lowest BCUT2D eigenvalue weighted by molar-refractivity contribution is -0.132. The van der Waals surface area contributed by atoms with Gasteiger partial charge >= 0.3 is 6.55 Å². The van der Waals surface area contributed by atoms with E-state index in [0.717, 1.165) is 30.5 Å². The molecule has 1 aliphatic heterocycles. The fourth-order valence-electron chi connectivity index (χ4n) is 2.59. The molecule has 21 heavy (non-hydrogen) atoms. The van der Waals surface area contributed by atoms with Crippen LogP contribution in [0.4, 0.5) is 8.78 Å². The zero-order chi connectivity index (χ0) is 15.2. The largest absolute Gasteiger partial charge is 0.342 e. The number of rotatable bonds is 5. The molecule has 0 radical (unpaired) electrons. The Balaban J connectivity index is 1.87. The number of hydrogen-bond donors (Lipinski definition) is 0. The van der Waals surface area contributed by atoms with Gasteiger partial charge in [-0.3, -0.25) is 14.3 Å². The Labute approximate surface area is 123 Å². The third-order valence-electron chi connectivity index (χ3n) is 3.73. The minimum absolute atomic E-state index is 0.0644. The van der Waals surface area contributed by atoms with Gasteiger partial charge in [0.05, 0.1) is 13.1 Å². The lowest BCUT2D eigenvalue weighted by Gasteiger charge is -2.24. The van der Waals surface area contributed by atoms with Crippen LogP contribution in [0, 0.1) is 0 Å². The van der Waals surface area contributed by atoms with Crippen LogP contribution in [0.15, 0.2) is 12.4 Å². The van der Waals surface area contributed by atoms with Crippen LogP contribution in [-0.2, 0) is 11.3 Å². The summed E-state index contributed by atoms with van der Waals surface area (Å²) in [5, 5.41) is 0. The molecule has 1 aromatic rings. The van der Waals surface area contributed by atoms with E-state index in [-0.39, 0.29) is 24.8 Å². The average Bonchev–Trinajstić information content (AvgIpc) is 2.72. The number of amides is 1. The van der Waals surface area contributed by atoms with Gasteiger partial charge in [0.25, 0.3) is 0 Å². The second-order valence-corrected chi connectivity index (χ2v) is 5.50. The number of imidazole rings is 1. The standard InChI is InChI=1S/C14H22F2N4O/c1-18(10-12-17-6-9-20(12)14(15)16)11-13(21)19-7-4-2-3-5-8-19/h6,9,14H,2-5,7-8,10-11H2,1H3. The molecule has 1 amide bonds. The number of likely N-dealkylation sites (N-methyl/N-ethyl adjacent to an activating group) is 1. The van der Waals surface area contributed by atoms with Crippen molar-refractivity contribution in [2.75, 3.05) is 26.7 Å². The number of hydrogen-bond acceptors (Lipinski definition) is 3. The van der Waals surface area contributed by atoms with Crippen molar-refractivity contribution in [2.24, 2.45) is 0 Å². The van der Waals surface area contributed by atoms with Crippen molar-refractivity contribution in [2.45, 2.75) is 38.8 Å². The number of likely N-dealkylation sites (tertiary alicyclic amines) is 1. The van der Waals surface area contributed by atoms with Gasteiger partial charge in [0.1, 0.15) is 5.82 Å². The summed E-state index contributed by atoms with van der Waals surface area (Å²) < 4.78 is 26.3. The highest BCUT2D eigenvalue weighted by Gasteiger charge is 2.19. The molecule has 1 saturated heterocycles. The fraction of sp³-hybridized carbons (Fsp3) is 0.714. The van der Waals surface area contributed by atoms with E-state index in [4.69, 9.17) is 0 Å². The second-order valence-electron chi connectivity index (χ2n) is 5.50. The molecule has 7 heteroatoms. The molecule has 118 valence electrons. The highest BCUT2D eigenvalue weighted by Crippen LogP contribution is 2.14. The van der Waals surface area contributed by atoms with E-state index in [1.54, 1.807) is 11.9 Å². The fourth-order valence-corrected chi connectivity index (χ4v) is 2.59. The summed E-state index contributed by atoms with van der Waals surface area (Å²) in [5.74, 6) is 0.339. The molecule has 2 rings (SSSR count). The summed E-state index contributed by atoms with van der Waals surface area (Å²) in [6.45, 7) is -0.527. The topological polar surface area (TPSA) is 41.4 Å². The third-order valence-corrected chi connectivity index (χ3v) is 3.73. The van der Waals surface area contributed by atoms with Gasteiger partial charge in [-0.15, -0.1) is 0 Å². The predicted molar refractivity (Wildman–Crippen MR) is 74.9 cm³/mol. The average molecular weight is 300 g/mol. The van der Waals surface area contributed by atoms with Gasteiger partial charge in [0.2, 0.25) is 5.91 Å². The Morgan fingerprint density at radius 1 is 1.33 bits per heavy atom. The van der Waals surface area contributed by atoms with E-state index in [1.165, 1.54) is 25.2 Å². The van der Waals surface area contributed by atoms with Crippen molar-refractivity contribution in [3.05, 3.63) is 18.2 Å². The Kier molecular flexibility index (Phi) is 5.67. The Hall–Kier alpha value is -1.50. The molecule has 0 aromatic carbocycles. The summed E-state index contributed by atoms with van der Waals surface area (Å²) in [7, 11) is 1.75. The molecule has 1 aliphatic rings. The molecular formula is C14H22F2N4O. The highest BCUT2D eigenvalue weighted by atomic mass is 19.3. The quantitative estimate of drug-likeness (QED) is 0.836. The van der Waals surface area contributed by atoms with Crippen LogP contribution in [0.1, 0.15) is 38.1 Å². The highest BCUT2D eigenvalue weighted by molar-refractivity contribution is 5.78. The number of aromatic nitrogens is 2. The van der Waals surface area contributed by atoms with Crippen molar-refractivity contribution < 1.29 is 13.6 Å². The van der Waals surface area contributed by atoms with E-state index in [2.05, 4.69) is 4.98 Å². The predicted octanol–water partition coefficient (Wildman–Crippen LogP) is 2.11. The third kappa shape index (κ3) is 4.49. The van der Waals surface area contributed by atoms with Crippen molar-refractivity contribution in [3.63, 3.8) is 0 Å². The molecule has 0 spiro atoms. The molecule has 1 fully saturated rings. The van der Waals surface area contributed by atoms with Crippen molar-refractivity contribution in [1.29, 1.82) is 0 Å². The van der Waals surface area contributed by atoms with E-state index in [1.807, 2.05) is 4.90 Å². The maximum absolute atomic E-state index is 12.7. The molecule has 0 N–H and O–H groups in total. The van der Waals surface area contributed by atoms with Crippen LogP contribution in [-0.4, -0.2) is 51.9 Å². The zero-order valence-electron chi connectivity index (χ0n) is 12.3. The summed E-state index contributed by atoms with van der Waals surface area (Å²) in [4.78, 5) is 19.8. The summed E-state index contributed by atoms with van der Waals surface area (Å²) >= 11 is 0. The molecule has 1 aromatic heterocycles. The summed E-state index contributed by atoms with van der Waals surface area (Å²) in [5.41, 5.74) is 0. The van der Waals surface area contributed by atoms with E-state index in [0.29, 0.717) is 0 Å². The molecule has 0 aliphatic carbocycles. The first-order chi connectivity index (χ1) is 10.1. The number of carbonyl (C=O) groups is 1. The maximum Gasteiger partial charge on any atom is 0.319 e. The minimum atomic E-state index is -2.60. The monoisotopic (exact) mass is 300 g/mol. The molecule has 0 saturated carbocycles. The molecule has 5 nitrogen and oxygen atoms in total. The van der Waals surface area contributed by atoms with Crippen LogP contribution >= 0.6 is 0 Å². The second kappa shape index (κ2) is 7.49. The molecule has 0 bridgehead atoms. The van der Waals surface area contributed by atoms with Gasteiger partial charge in [-0.25, -0.2) is 4.98 Å². The van der Waals surface area contributed by atoms with Crippen LogP contribution in [0.5, 0.6) is 0 Å². The Bertz CT molecular complexity index is 456. The van der Waals surface area contributed by atoms with Gasteiger partial charge in [-0.2, -0.15) is 8.78 Å². The van der Waals surface area contributed by atoms with Crippen LogP contribution in [0.3, 0.4) is 0 Å². The summed E-state index contributed by atoms with van der Waals surface area (Å²) in [6.07, 6.45) is 7.05. The van der Waals surface area contributed by atoms with Crippen LogP contribution < -0.4 is 0 Å². The van der Waals surface area contributed by atoms with E-state index >= 15 is 0 Å². The lowest BCUT2D eigenvalue weighted by Crippen LogP contribution is -2.39. The number of carbonyl (C=O) groups excluding carboxylic acids is 1. The van der Waals surface area contributed by atoms with Crippen molar-refractivity contribution in [1.82, 2.24) is 19.4 Å². The smallest absolute Gasteiger partial charge is 0.319 e. The number of alkyl halides is 2. The Morgan fingerprint density at radius 2 is 2.00 bits per heavy atom. The van der Waals surface area contributed by atoms with Crippen LogP contribution in [0.25, 0.3) is 0 Å². The normalized spacial score (nSPS) is 16.5. The Morgan fingerprint density at radius 3 is 2.62 bits per heavy atom. The molecule has 2 heterocycles. The first kappa shape index (κ1) is 15.9. The van der Waals surface area contributed by atoms with E-state index in [9.17, 15) is 13.6 Å². The first-order valence-corrected chi connectivity index (χ1v) is 7.34. The van der Waals surface area contributed by atoms with Gasteiger partial charge in [0.15, 0.2) is 0 Å². The molecule has 0 atom stereocenters. The number of halogens is 2.